The first kappa shape index (κ1) is 14.1. The highest BCUT2D eigenvalue weighted by Crippen LogP contribution is 2.19. The fourth-order valence-electron chi connectivity index (χ4n) is 1.62. The van der Waals surface area contributed by atoms with Gasteiger partial charge in [0.15, 0.2) is 0 Å². The summed E-state index contributed by atoms with van der Waals surface area (Å²) in [5.74, 6) is 1.17. The lowest BCUT2D eigenvalue weighted by molar-refractivity contribution is 0.292. The van der Waals surface area contributed by atoms with Crippen LogP contribution in [0.2, 0.25) is 10.2 Å². The van der Waals surface area contributed by atoms with Crippen LogP contribution in [0.3, 0.4) is 0 Å². The van der Waals surface area contributed by atoms with Crippen molar-refractivity contribution in [1.82, 2.24) is 9.97 Å². The van der Waals surface area contributed by atoms with Gasteiger partial charge in [-0.3, -0.25) is 0 Å². The summed E-state index contributed by atoms with van der Waals surface area (Å²) in [7, 11) is 0. The molecule has 0 amide bonds. The standard InChI is InChI=1S/C14H14Cl2N2O/c1-2-5-13-17-12(16)8-14(18-13)19-9-10-6-3-4-7-11(10)15/h3-4,6-8H,2,5,9H2,1H3. The Labute approximate surface area is 122 Å². The van der Waals surface area contributed by atoms with Gasteiger partial charge in [-0.05, 0) is 12.5 Å². The number of rotatable bonds is 5. The van der Waals surface area contributed by atoms with Gasteiger partial charge in [-0.25, -0.2) is 4.98 Å². The summed E-state index contributed by atoms with van der Waals surface area (Å²) in [5, 5.41) is 1.07. The fourth-order valence-corrected chi connectivity index (χ4v) is 2.00. The Morgan fingerprint density at radius 3 is 2.68 bits per heavy atom. The van der Waals surface area contributed by atoms with Crippen molar-refractivity contribution in [2.75, 3.05) is 0 Å². The zero-order valence-electron chi connectivity index (χ0n) is 10.6. The molecular weight excluding hydrogens is 283 g/mol. The fraction of sp³-hybridized carbons (Fsp3) is 0.286. The number of hydrogen-bond donors (Lipinski definition) is 0. The van der Waals surface area contributed by atoms with E-state index in [1.54, 1.807) is 6.07 Å². The lowest BCUT2D eigenvalue weighted by Crippen LogP contribution is -2.02. The lowest BCUT2D eigenvalue weighted by Gasteiger charge is -2.08. The number of benzene rings is 1. The van der Waals surface area contributed by atoms with E-state index in [-0.39, 0.29) is 0 Å². The first-order valence-corrected chi connectivity index (χ1v) is 6.84. The van der Waals surface area contributed by atoms with E-state index in [1.807, 2.05) is 24.3 Å². The van der Waals surface area contributed by atoms with Crippen LogP contribution >= 0.6 is 23.2 Å². The summed E-state index contributed by atoms with van der Waals surface area (Å²) >= 11 is 12.0. The lowest BCUT2D eigenvalue weighted by atomic mass is 10.2. The van der Waals surface area contributed by atoms with Gasteiger partial charge in [0.25, 0.3) is 0 Å². The van der Waals surface area contributed by atoms with Crippen molar-refractivity contribution in [1.29, 1.82) is 0 Å². The second-order valence-corrected chi connectivity index (χ2v) is 4.87. The molecule has 2 rings (SSSR count). The van der Waals surface area contributed by atoms with Crippen molar-refractivity contribution in [3.05, 3.63) is 51.9 Å². The number of halogens is 2. The van der Waals surface area contributed by atoms with Crippen LogP contribution in [0.5, 0.6) is 5.88 Å². The molecular formula is C14H14Cl2N2O. The minimum absolute atomic E-state index is 0.360. The first-order chi connectivity index (χ1) is 9.19. The van der Waals surface area contributed by atoms with E-state index in [9.17, 15) is 0 Å². The number of ether oxygens (including phenoxy) is 1. The van der Waals surface area contributed by atoms with Gasteiger partial charge >= 0.3 is 0 Å². The second-order valence-electron chi connectivity index (χ2n) is 4.08. The summed E-state index contributed by atoms with van der Waals surface area (Å²) in [5.41, 5.74) is 0.913. The van der Waals surface area contributed by atoms with Gasteiger partial charge in [-0.2, -0.15) is 4.98 Å². The molecule has 0 N–H and O–H groups in total. The van der Waals surface area contributed by atoms with Gasteiger partial charge in [0.2, 0.25) is 5.88 Å². The Bertz CT molecular complexity index is 561. The summed E-state index contributed by atoms with van der Waals surface area (Å²) in [4.78, 5) is 8.45. The molecule has 0 unspecified atom stereocenters. The number of nitrogens with zero attached hydrogens (tertiary/aromatic N) is 2. The molecule has 0 aliphatic carbocycles. The maximum absolute atomic E-state index is 6.06. The number of aryl methyl sites for hydroxylation is 1. The van der Waals surface area contributed by atoms with Crippen LogP contribution in [0.1, 0.15) is 24.7 Å². The van der Waals surface area contributed by atoms with Crippen LogP contribution in [0.25, 0.3) is 0 Å². The summed E-state index contributed by atoms with van der Waals surface area (Å²) in [6.07, 6.45) is 1.74. The zero-order chi connectivity index (χ0) is 13.7. The number of hydrogen-bond acceptors (Lipinski definition) is 3. The van der Waals surface area contributed by atoms with Crippen molar-refractivity contribution in [2.24, 2.45) is 0 Å². The molecule has 5 heteroatoms. The molecule has 0 fully saturated rings. The summed E-state index contributed by atoms with van der Waals surface area (Å²) in [6.45, 7) is 2.42. The molecule has 1 aromatic heterocycles. The Kier molecular flexibility index (Phi) is 5.00. The van der Waals surface area contributed by atoms with Gasteiger partial charge in [-0.15, -0.1) is 0 Å². The minimum atomic E-state index is 0.360. The molecule has 0 spiro atoms. The first-order valence-electron chi connectivity index (χ1n) is 6.08. The monoisotopic (exact) mass is 296 g/mol. The average molecular weight is 297 g/mol. The molecule has 3 nitrogen and oxygen atoms in total. The van der Waals surface area contributed by atoms with E-state index >= 15 is 0 Å². The Hall–Kier alpha value is -1.32. The molecule has 0 bridgehead atoms. The Balaban J connectivity index is 2.09. The highest BCUT2D eigenvalue weighted by Gasteiger charge is 2.05. The van der Waals surface area contributed by atoms with E-state index < -0.39 is 0 Å². The molecule has 0 radical (unpaired) electrons. The van der Waals surface area contributed by atoms with E-state index in [2.05, 4.69) is 16.9 Å². The van der Waals surface area contributed by atoms with Gasteiger partial charge < -0.3 is 4.74 Å². The van der Waals surface area contributed by atoms with Gasteiger partial charge in [0.05, 0.1) is 0 Å². The van der Waals surface area contributed by atoms with Crippen LogP contribution < -0.4 is 4.74 Å². The largest absolute Gasteiger partial charge is 0.473 e. The summed E-state index contributed by atoms with van der Waals surface area (Å²) in [6, 6.07) is 9.15. The normalized spacial score (nSPS) is 10.5. The van der Waals surface area contributed by atoms with E-state index in [1.165, 1.54) is 0 Å². The summed E-state index contributed by atoms with van der Waals surface area (Å²) < 4.78 is 5.62. The van der Waals surface area contributed by atoms with Crippen molar-refractivity contribution in [3.63, 3.8) is 0 Å². The maximum Gasteiger partial charge on any atom is 0.218 e. The highest BCUT2D eigenvalue weighted by atomic mass is 35.5. The third-order valence-corrected chi connectivity index (χ3v) is 3.09. The van der Waals surface area contributed by atoms with E-state index in [0.29, 0.717) is 28.5 Å². The van der Waals surface area contributed by atoms with Crippen LogP contribution in [0.15, 0.2) is 30.3 Å². The molecule has 19 heavy (non-hydrogen) atoms. The molecule has 2 aromatic rings. The molecule has 0 saturated carbocycles. The van der Waals surface area contributed by atoms with Crippen molar-refractivity contribution < 1.29 is 4.74 Å². The van der Waals surface area contributed by atoms with E-state index in [0.717, 1.165) is 18.4 Å². The molecule has 1 aromatic carbocycles. The predicted octanol–water partition coefficient (Wildman–Crippen LogP) is 4.31. The molecule has 0 saturated heterocycles. The SMILES string of the molecule is CCCc1nc(Cl)cc(OCc2ccccc2Cl)n1. The van der Waals surface area contributed by atoms with Crippen molar-refractivity contribution in [3.8, 4) is 5.88 Å². The average Bonchev–Trinajstić information content (AvgIpc) is 2.37. The third kappa shape index (κ3) is 4.08. The molecule has 0 atom stereocenters. The smallest absolute Gasteiger partial charge is 0.218 e. The maximum atomic E-state index is 6.06. The topological polar surface area (TPSA) is 35.0 Å². The van der Waals surface area contributed by atoms with Crippen molar-refractivity contribution in [2.45, 2.75) is 26.4 Å². The predicted molar refractivity (Wildman–Crippen MR) is 76.8 cm³/mol. The highest BCUT2D eigenvalue weighted by molar-refractivity contribution is 6.31. The Morgan fingerprint density at radius 1 is 1.16 bits per heavy atom. The second kappa shape index (κ2) is 6.73. The molecule has 0 aliphatic rings. The van der Waals surface area contributed by atoms with Crippen LogP contribution in [-0.2, 0) is 13.0 Å². The van der Waals surface area contributed by atoms with Crippen LogP contribution in [-0.4, -0.2) is 9.97 Å². The molecule has 1 heterocycles. The van der Waals surface area contributed by atoms with Crippen molar-refractivity contribution >= 4 is 23.2 Å². The van der Waals surface area contributed by atoms with Gasteiger partial charge in [-0.1, -0.05) is 48.3 Å². The minimum Gasteiger partial charge on any atom is -0.473 e. The van der Waals surface area contributed by atoms with E-state index in [4.69, 9.17) is 27.9 Å². The Morgan fingerprint density at radius 2 is 1.95 bits per heavy atom. The van der Waals surface area contributed by atoms with Gasteiger partial charge in [0.1, 0.15) is 17.6 Å². The molecule has 0 aliphatic heterocycles. The number of aromatic nitrogens is 2. The third-order valence-electron chi connectivity index (χ3n) is 2.52. The molecule has 100 valence electrons. The van der Waals surface area contributed by atoms with Crippen LogP contribution in [0, 0.1) is 0 Å². The zero-order valence-corrected chi connectivity index (χ0v) is 12.1. The van der Waals surface area contributed by atoms with Gasteiger partial charge in [0, 0.05) is 23.1 Å². The van der Waals surface area contributed by atoms with Crippen LogP contribution in [0.4, 0.5) is 0 Å². The quantitative estimate of drug-likeness (QED) is 0.771.